The molecule has 0 aromatic heterocycles. The normalized spacial score (nSPS) is 18.9. The fourth-order valence-electron chi connectivity index (χ4n) is 2.39. The van der Waals surface area contributed by atoms with Crippen LogP contribution in [-0.2, 0) is 6.54 Å². The number of amides is 2. The first-order valence-electron chi connectivity index (χ1n) is 6.98. The highest BCUT2D eigenvalue weighted by molar-refractivity contribution is 5.89. The highest BCUT2D eigenvalue weighted by Gasteiger charge is 2.33. The molecular formula is C15H24N4O. The molecule has 20 heavy (non-hydrogen) atoms. The van der Waals surface area contributed by atoms with E-state index in [4.69, 9.17) is 5.73 Å². The molecule has 5 nitrogen and oxygen atoms in total. The van der Waals surface area contributed by atoms with Gasteiger partial charge in [-0.25, -0.2) is 4.79 Å². The summed E-state index contributed by atoms with van der Waals surface area (Å²) < 4.78 is 0. The van der Waals surface area contributed by atoms with Gasteiger partial charge in [0, 0.05) is 37.4 Å². The number of hydrogen-bond donors (Lipinski definition) is 2. The lowest BCUT2D eigenvalue weighted by Gasteiger charge is -2.45. The quantitative estimate of drug-likeness (QED) is 0.864. The number of carbonyl (C=O) groups is 1. The van der Waals surface area contributed by atoms with Crippen LogP contribution in [0.5, 0.6) is 0 Å². The van der Waals surface area contributed by atoms with Crippen molar-refractivity contribution in [3.63, 3.8) is 0 Å². The Morgan fingerprint density at radius 2 is 2.15 bits per heavy atom. The van der Waals surface area contributed by atoms with E-state index in [0.29, 0.717) is 6.54 Å². The van der Waals surface area contributed by atoms with E-state index in [2.05, 4.69) is 31.1 Å². The van der Waals surface area contributed by atoms with Crippen molar-refractivity contribution in [3.05, 3.63) is 29.8 Å². The van der Waals surface area contributed by atoms with Crippen LogP contribution in [0.3, 0.4) is 0 Å². The fourth-order valence-corrected chi connectivity index (χ4v) is 2.39. The first kappa shape index (κ1) is 14.8. The molecule has 1 aromatic rings. The number of piperazine rings is 1. The van der Waals surface area contributed by atoms with E-state index in [0.717, 1.165) is 30.9 Å². The molecule has 0 spiro atoms. The Morgan fingerprint density at radius 1 is 1.40 bits per heavy atom. The van der Waals surface area contributed by atoms with Crippen LogP contribution in [0.4, 0.5) is 10.5 Å². The summed E-state index contributed by atoms with van der Waals surface area (Å²) in [4.78, 5) is 16.5. The summed E-state index contributed by atoms with van der Waals surface area (Å²) in [6.07, 6.45) is 0. The lowest BCUT2D eigenvalue weighted by Crippen LogP contribution is -2.59. The van der Waals surface area contributed by atoms with Gasteiger partial charge >= 0.3 is 6.03 Å². The van der Waals surface area contributed by atoms with Crippen molar-refractivity contribution in [3.8, 4) is 0 Å². The van der Waals surface area contributed by atoms with Crippen LogP contribution >= 0.6 is 0 Å². The lowest BCUT2D eigenvalue weighted by atomic mass is 10.00. The van der Waals surface area contributed by atoms with Gasteiger partial charge in [0.2, 0.25) is 0 Å². The Labute approximate surface area is 120 Å². The number of nitrogens with one attached hydrogen (secondary N) is 1. The molecule has 3 N–H and O–H groups in total. The van der Waals surface area contributed by atoms with Gasteiger partial charge in [0.25, 0.3) is 0 Å². The van der Waals surface area contributed by atoms with Gasteiger partial charge in [0.05, 0.1) is 0 Å². The largest absolute Gasteiger partial charge is 0.326 e. The number of rotatable bonds is 2. The minimum absolute atomic E-state index is 0.00863. The second-order valence-corrected chi connectivity index (χ2v) is 5.99. The summed E-state index contributed by atoms with van der Waals surface area (Å²) in [5.74, 6) is 0. The molecular weight excluding hydrogens is 252 g/mol. The molecule has 0 radical (unpaired) electrons. The van der Waals surface area contributed by atoms with Gasteiger partial charge in [-0.3, -0.25) is 4.90 Å². The van der Waals surface area contributed by atoms with Gasteiger partial charge in [-0.05, 0) is 38.6 Å². The molecule has 0 unspecified atom stereocenters. The predicted octanol–water partition coefficient (Wildman–Crippen LogP) is 1.70. The molecule has 5 heteroatoms. The zero-order valence-corrected chi connectivity index (χ0v) is 12.5. The Kier molecular flexibility index (Phi) is 4.30. The SMILES string of the molecule is CN1CCN(C(=O)Nc2cccc(CN)c2)CC1(C)C. The molecule has 1 fully saturated rings. The monoisotopic (exact) mass is 276 g/mol. The number of nitrogens with two attached hydrogens (primary N) is 1. The minimum atomic E-state index is -0.0413. The maximum Gasteiger partial charge on any atom is 0.321 e. The average molecular weight is 276 g/mol. The molecule has 0 atom stereocenters. The van der Waals surface area contributed by atoms with Crippen LogP contribution in [0.1, 0.15) is 19.4 Å². The maximum absolute atomic E-state index is 12.3. The molecule has 0 aliphatic carbocycles. The average Bonchev–Trinajstić information content (AvgIpc) is 2.42. The van der Waals surface area contributed by atoms with Crippen LogP contribution in [0, 0.1) is 0 Å². The van der Waals surface area contributed by atoms with Crippen LogP contribution in [0.15, 0.2) is 24.3 Å². The van der Waals surface area contributed by atoms with Crippen molar-refractivity contribution >= 4 is 11.7 Å². The third kappa shape index (κ3) is 3.29. The second kappa shape index (κ2) is 5.81. The van der Waals surface area contributed by atoms with Crippen molar-refractivity contribution in [1.82, 2.24) is 9.80 Å². The van der Waals surface area contributed by atoms with E-state index in [-0.39, 0.29) is 11.6 Å². The second-order valence-electron chi connectivity index (χ2n) is 5.99. The van der Waals surface area contributed by atoms with Crippen LogP contribution in [-0.4, -0.2) is 48.1 Å². The van der Waals surface area contributed by atoms with Gasteiger partial charge in [0.1, 0.15) is 0 Å². The van der Waals surface area contributed by atoms with Crippen molar-refractivity contribution < 1.29 is 4.79 Å². The van der Waals surface area contributed by atoms with Crippen LogP contribution in [0.25, 0.3) is 0 Å². The zero-order valence-electron chi connectivity index (χ0n) is 12.5. The summed E-state index contributed by atoms with van der Waals surface area (Å²) in [6.45, 7) is 7.16. The van der Waals surface area contributed by atoms with E-state index < -0.39 is 0 Å². The smallest absolute Gasteiger partial charge is 0.321 e. The maximum atomic E-state index is 12.3. The Hall–Kier alpha value is -1.59. The van der Waals surface area contributed by atoms with Gasteiger partial charge in [-0.1, -0.05) is 12.1 Å². The summed E-state index contributed by atoms with van der Waals surface area (Å²) >= 11 is 0. The number of carbonyl (C=O) groups excluding carboxylic acids is 1. The van der Waals surface area contributed by atoms with Gasteiger partial charge in [-0.15, -0.1) is 0 Å². The molecule has 2 rings (SSSR count). The number of benzene rings is 1. The van der Waals surface area contributed by atoms with Gasteiger partial charge in [-0.2, -0.15) is 0 Å². The van der Waals surface area contributed by atoms with Crippen LogP contribution in [0.2, 0.25) is 0 Å². The Bertz CT molecular complexity index is 487. The number of urea groups is 1. The highest BCUT2D eigenvalue weighted by atomic mass is 16.2. The topological polar surface area (TPSA) is 61.6 Å². The molecule has 1 aliphatic heterocycles. The van der Waals surface area contributed by atoms with Crippen molar-refractivity contribution in [2.45, 2.75) is 25.9 Å². The van der Waals surface area contributed by atoms with E-state index in [1.807, 2.05) is 29.2 Å². The zero-order chi connectivity index (χ0) is 14.8. The third-order valence-electron chi connectivity index (χ3n) is 4.02. The highest BCUT2D eigenvalue weighted by Crippen LogP contribution is 2.20. The Morgan fingerprint density at radius 3 is 2.80 bits per heavy atom. The summed E-state index contributed by atoms with van der Waals surface area (Å²) in [5.41, 5.74) is 7.44. The summed E-state index contributed by atoms with van der Waals surface area (Å²) in [5, 5.41) is 2.95. The van der Waals surface area contributed by atoms with Gasteiger partial charge in [0.15, 0.2) is 0 Å². The predicted molar refractivity (Wildman–Crippen MR) is 81.6 cm³/mol. The van der Waals surface area contributed by atoms with Gasteiger partial charge < -0.3 is 16.0 Å². The molecule has 1 aromatic carbocycles. The summed E-state index contributed by atoms with van der Waals surface area (Å²) in [7, 11) is 2.10. The van der Waals surface area contributed by atoms with E-state index >= 15 is 0 Å². The number of hydrogen-bond acceptors (Lipinski definition) is 3. The van der Waals surface area contributed by atoms with E-state index in [9.17, 15) is 4.79 Å². The lowest BCUT2D eigenvalue weighted by molar-refractivity contribution is 0.0608. The number of anilines is 1. The minimum Gasteiger partial charge on any atom is -0.326 e. The molecule has 110 valence electrons. The molecule has 1 saturated heterocycles. The number of nitrogens with zero attached hydrogens (tertiary/aromatic N) is 2. The molecule has 0 bridgehead atoms. The molecule has 0 saturated carbocycles. The molecule has 1 aliphatic rings. The molecule has 1 heterocycles. The first-order chi connectivity index (χ1) is 9.42. The van der Waals surface area contributed by atoms with Crippen LogP contribution < -0.4 is 11.1 Å². The van der Waals surface area contributed by atoms with Crippen molar-refractivity contribution in [2.75, 3.05) is 32.0 Å². The van der Waals surface area contributed by atoms with Crippen molar-refractivity contribution in [2.24, 2.45) is 5.73 Å². The van der Waals surface area contributed by atoms with E-state index in [1.165, 1.54) is 0 Å². The van der Waals surface area contributed by atoms with Crippen molar-refractivity contribution in [1.29, 1.82) is 0 Å². The summed E-state index contributed by atoms with van der Waals surface area (Å²) in [6, 6.07) is 7.62. The standard InChI is InChI=1S/C15H24N4O/c1-15(2)11-19(8-7-18(15)3)14(20)17-13-6-4-5-12(9-13)10-16/h4-6,9H,7-8,10-11,16H2,1-3H3,(H,17,20). The molecule has 2 amide bonds. The first-order valence-corrected chi connectivity index (χ1v) is 6.98. The Balaban J connectivity index is 2.01. The fraction of sp³-hybridized carbons (Fsp3) is 0.533. The van der Waals surface area contributed by atoms with E-state index in [1.54, 1.807) is 0 Å². The third-order valence-corrected chi connectivity index (χ3v) is 4.02. The number of likely N-dealkylation sites (N-methyl/N-ethyl adjacent to an activating group) is 1.